The van der Waals surface area contributed by atoms with E-state index >= 15 is 0 Å². The van der Waals surface area contributed by atoms with Gasteiger partial charge in [-0.3, -0.25) is 9.67 Å². The average molecular weight is 277 g/mol. The maximum atomic E-state index is 12.9. The number of pyridine rings is 1. The fraction of sp³-hybridized carbons (Fsp3) is 0.429. The zero-order valence-electron chi connectivity index (χ0n) is 10.9. The van der Waals surface area contributed by atoms with Gasteiger partial charge in [0.15, 0.2) is 0 Å². The lowest BCUT2D eigenvalue weighted by Crippen LogP contribution is -2.20. The summed E-state index contributed by atoms with van der Waals surface area (Å²) in [5.41, 5.74) is 1.73. The third kappa shape index (κ3) is 2.71. The minimum Gasteiger partial charge on any atom is -0.391 e. The predicted molar refractivity (Wildman–Crippen MR) is 70.1 cm³/mol. The van der Waals surface area contributed by atoms with E-state index in [2.05, 4.69) is 10.1 Å². The van der Waals surface area contributed by atoms with Gasteiger partial charge in [-0.05, 0) is 37.0 Å². The van der Waals surface area contributed by atoms with Crippen LogP contribution in [0.1, 0.15) is 18.5 Å². The smallest absolute Gasteiger partial charge is 0.141 e. The molecule has 2 aromatic rings. The van der Waals surface area contributed by atoms with E-state index in [0.29, 0.717) is 29.5 Å². The number of halogens is 1. The summed E-state index contributed by atoms with van der Waals surface area (Å²) >= 11 is 0. The van der Waals surface area contributed by atoms with Gasteiger partial charge in [0.2, 0.25) is 0 Å². The number of aliphatic hydroxyl groups is 2. The first kappa shape index (κ1) is 13.2. The first-order chi connectivity index (χ1) is 9.67. The Kier molecular flexibility index (Phi) is 3.50. The van der Waals surface area contributed by atoms with E-state index in [9.17, 15) is 14.6 Å². The Balaban J connectivity index is 1.85. The number of hydrogen-bond acceptors (Lipinski definition) is 4. The van der Waals surface area contributed by atoms with Gasteiger partial charge in [-0.1, -0.05) is 0 Å². The summed E-state index contributed by atoms with van der Waals surface area (Å²) in [7, 11) is 0. The Labute approximate surface area is 115 Å². The molecule has 1 saturated carbocycles. The quantitative estimate of drug-likeness (QED) is 0.865. The molecule has 0 amide bonds. The summed E-state index contributed by atoms with van der Waals surface area (Å²) in [6.07, 6.45) is 2.78. The van der Waals surface area contributed by atoms with Gasteiger partial charge in [0, 0.05) is 0 Å². The average Bonchev–Trinajstić information content (AvgIpc) is 3.22. The zero-order valence-corrected chi connectivity index (χ0v) is 10.9. The highest BCUT2D eigenvalue weighted by molar-refractivity contribution is 5.53. The van der Waals surface area contributed by atoms with Crippen LogP contribution in [0.3, 0.4) is 0 Å². The summed E-state index contributed by atoms with van der Waals surface area (Å²) in [5.74, 6) is -0.0575. The van der Waals surface area contributed by atoms with E-state index in [0.717, 1.165) is 19.0 Å². The molecule has 0 spiro atoms. The van der Waals surface area contributed by atoms with Crippen LogP contribution in [0, 0.1) is 11.7 Å². The Morgan fingerprint density at radius 1 is 1.35 bits per heavy atom. The van der Waals surface area contributed by atoms with Crippen LogP contribution in [-0.4, -0.2) is 31.1 Å². The molecule has 0 aliphatic heterocycles. The summed E-state index contributed by atoms with van der Waals surface area (Å²) in [5, 5.41) is 23.7. The minimum atomic E-state index is -0.436. The normalized spacial score (nSPS) is 16.4. The molecule has 20 heavy (non-hydrogen) atoms. The van der Waals surface area contributed by atoms with Crippen LogP contribution in [0.5, 0.6) is 0 Å². The van der Waals surface area contributed by atoms with E-state index in [1.54, 1.807) is 16.8 Å². The molecule has 0 saturated heterocycles. The fourth-order valence-electron chi connectivity index (χ4n) is 2.20. The van der Waals surface area contributed by atoms with E-state index in [1.165, 1.54) is 6.07 Å². The second kappa shape index (κ2) is 5.30. The number of rotatable bonds is 5. The molecule has 5 nitrogen and oxygen atoms in total. The van der Waals surface area contributed by atoms with Crippen molar-refractivity contribution in [3.05, 3.63) is 35.9 Å². The van der Waals surface area contributed by atoms with Gasteiger partial charge in [-0.15, -0.1) is 0 Å². The molecule has 6 heteroatoms. The second-order valence-electron chi connectivity index (χ2n) is 5.13. The van der Waals surface area contributed by atoms with Gasteiger partial charge in [-0.25, -0.2) is 4.39 Å². The highest BCUT2D eigenvalue weighted by Gasteiger charge is 2.30. The molecule has 1 unspecified atom stereocenters. The molecular formula is C14H16FN3O2. The molecular weight excluding hydrogens is 261 g/mol. The largest absolute Gasteiger partial charge is 0.391 e. The van der Waals surface area contributed by atoms with Gasteiger partial charge in [0.1, 0.15) is 11.5 Å². The number of aliphatic hydroxyl groups excluding tert-OH is 2. The maximum absolute atomic E-state index is 12.9. The van der Waals surface area contributed by atoms with Crippen molar-refractivity contribution < 1.29 is 14.6 Å². The summed E-state index contributed by atoms with van der Waals surface area (Å²) < 4.78 is 14.5. The van der Waals surface area contributed by atoms with E-state index in [1.807, 2.05) is 0 Å². The van der Waals surface area contributed by atoms with Crippen LogP contribution in [-0.2, 0) is 13.2 Å². The van der Waals surface area contributed by atoms with Gasteiger partial charge < -0.3 is 10.2 Å². The Hall–Kier alpha value is -1.79. The standard InChI is InChI=1S/C14H16FN3O2/c15-10-3-4-12(16-6-10)13-5-11(8-19)18(17-13)7-14(20)9-1-2-9/h3-6,9,14,19-20H,1-2,7-8H2. The topological polar surface area (TPSA) is 71.2 Å². The minimum absolute atomic E-state index is 0.161. The lowest BCUT2D eigenvalue weighted by Gasteiger charge is -2.11. The Morgan fingerprint density at radius 3 is 2.75 bits per heavy atom. The first-order valence-electron chi connectivity index (χ1n) is 6.65. The van der Waals surface area contributed by atoms with Crippen LogP contribution < -0.4 is 0 Å². The number of hydrogen-bond donors (Lipinski definition) is 2. The summed E-state index contributed by atoms with van der Waals surface area (Å²) in [6, 6.07) is 4.57. The zero-order chi connectivity index (χ0) is 14.1. The van der Waals surface area contributed by atoms with E-state index in [4.69, 9.17) is 0 Å². The molecule has 1 fully saturated rings. The van der Waals surface area contributed by atoms with Crippen molar-refractivity contribution in [2.45, 2.75) is 32.1 Å². The van der Waals surface area contributed by atoms with Crippen LogP contribution >= 0.6 is 0 Å². The molecule has 2 aromatic heterocycles. The molecule has 1 aliphatic carbocycles. The van der Waals surface area contributed by atoms with Crippen LogP contribution in [0.2, 0.25) is 0 Å². The molecule has 0 aromatic carbocycles. The first-order valence-corrected chi connectivity index (χ1v) is 6.65. The van der Waals surface area contributed by atoms with Crippen molar-refractivity contribution in [3.8, 4) is 11.4 Å². The van der Waals surface area contributed by atoms with Crippen LogP contribution in [0.4, 0.5) is 4.39 Å². The number of nitrogens with zero attached hydrogens (tertiary/aromatic N) is 3. The molecule has 2 N–H and O–H groups in total. The molecule has 1 aliphatic rings. The lowest BCUT2D eigenvalue weighted by atomic mass is 10.2. The molecule has 0 bridgehead atoms. The molecule has 106 valence electrons. The van der Waals surface area contributed by atoms with Crippen molar-refractivity contribution in [2.75, 3.05) is 0 Å². The molecule has 2 heterocycles. The molecule has 1 atom stereocenters. The monoisotopic (exact) mass is 277 g/mol. The maximum Gasteiger partial charge on any atom is 0.141 e. The van der Waals surface area contributed by atoms with Crippen molar-refractivity contribution in [2.24, 2.45) is 5.92 Å². The van der Waals surface area contributed by atoms with Crippen molar-refractivity contribution >= 4 is 0 Å². The van der Waals surface area contributed by atoms with Crippen LogP contribution in [0.15, 0.2) is 24.4 Å². The van der Waals surface area contributed by atoms with Crippen molar-refractivity contribution in [1.29, 1.82) is 0 Å². The molecule has 3 rings (SSSR count). The summed E-state index contributed by atoms with van der Waals surface area (Å²) in [6.45, 7) is 0.202. The highest BCUT2D eigenvalue weighted by atomic mass is 19.1. The van der Waals surface area contributed by atoms with Crippen LogP contribution in [0.25, 0.3) is 11.4 Å². The van der Waals surface area contributed by atoms with Gasteiger partial charge in [0.05, 0.1) is 36.8 Å². The number of aromatic nitrogens is 3. The second-order valence-corrected chi connectivity index (χ2v) is 5.13. The van der Waals surface area contributed by atoms with Gasteiger partial charge in [0.25, 0.3) is 0 Å². The Morgan fingerprint density at radius 2 is 2.15 bits per heavy atom. The van der Waals surface area contributed by atoms with E-state index in [-0.39, 0.29) is 6.61 Å². The highest BCUT2D eigenvalue weighted by Crippen LogP contribution is 2.33. The third-order valence-corrected chi connectivity index (χ3v) is 3.54. The van der Waals surface area contributed by atoms with Crippen molar-refractivity contribution in [1.82, 2.24) is 14.8 Å². The fourth-order valence-corrected chi connectivity index (χ4v) is 2.20. The van der Waals surface area contributed by atoms with Crippen molar-refractivity contribution in [3.63, 3.8) is 0 Å². The predicted octanol–water partition coefficient (Wildman–Crippen LogP) is 1.35. The summed E-state index contributed by atoms with van der Waals surface area (Å²) in [4.78, 5) is 3.97. The van der Waals surface area contributed by atoms with Gasteiger partial charge >= 0.3 is 0 Å². The Bertz CT molecular complexity index is 593. The lowest BCUT2D eigenvalue weighted by molar-refractivity contribution is 0.123. The SMILES string of the molecule is OCc1cc(-c2ccc(F)cn2)nn1CC(O)C1CC1. The van der Waals surface area contributed by atoms with E-state index < -0.39 is 11.9 Å². The third-order valence-electron chi connectivity index (χ3n) is 3.54. The van der Waals surface area contributed by atoms with Gasteiger partial charge in [-0.2, -0.15) is 5.10 Å². The molecule has 0 radical (unpaired) electrons.